The standard InChI is InChI=1S/C16H22BrNO/c17-15-8-2-1-7-14(15)16(11-18-12-16)9-3-5-13-6-4-10-19-13/h1-2,7-8,13,18H,3-6,9-12H2. The molecule has 2 saturated heterocycles. The maximum atomic E-state index is 5.72. The molecule has 3 heteroatoms. The van der Waals surface area contributed by atoms with E-state index < -0.39 is 0 Å². The minimum absolute atomic E-state index is 0.346. The predicted octanol–water partition coefficient (Wildman–Crippen LogP) is 3.64. The third-order valence-corrected chi connectivity index (χ3v) is 5.27. The molecular formula is C16H22BrNO. The Balaban J connectivity index is 1.61. The minimum atomic E-state index is 0.346. The van der Waals surface area contributed by atoms with Gasteiger partial charge < -0.3 is 10.1 Å². The topological polar surface area (TPSA) is 21.3 Å². The Morgan fingerprint density at radius 1 is 1.32 bits per heavy atom. The molecule has 1 aromatic carbocycles. The molecule has 0 aromatic heterocycles. The molecule has 0 bridgehead atoms. The lowest BCUT2D eigenvalue weighted by Gasteiger charge is -2.44. The molecule has 0 aliphatic carbocycles. The summed E-state index contributed by atoms with van der Waals surface area (Å²) in [6, 6.07) is 8.69. The highest BCUT2D eigenvalue weighted by molar-refractivity contribution is 9.10. The summed E-state index contributed by atoms with van der Waals surface area (Å²) in [7, 11) is 0. The van der Waals surface area contributed by atoms with Crippen molar-refractivity contribution in [3.05, 3.63) is 34.3 Å². The fourth-order valence-corrected chi connectivity index (χ4v) is 4.07. The van der Waals surface area contributed by atoms with E-state index in [1.807, 2.05) is 0 Å². The van der Waals surface area contributed by atoms with E-state index >= 15 is 0 Å². The molecular weight excluding hydrogens is 302 g/mol. The van der Waals surface area contributed by atoms with Crippen LogP contribution in [0.5, 0.6) is 0 Å². The van der Waals surface area contributed by atoms with Crippen molar-refractivity contribution in [2.45, 2.75) is 43.6 Å². The molecule has 0 saturated carbocycles. The number of halogens is 1. The quantitative estimate of drug-likeness (QED) is 0.893. The van der Waals surface area contributed by atoms with Crippen LogP contribution in [0.3, 0.4) is 0 Å². The highest BCUT2D eigenvalue weighted by Crippen LogP contribution is 2.38. The van der Waals surface area contributed by atoms with Crippen LogP contribution in [0.15, 0.2) is 28.7 Å². The molecule has 19 heavy (non-hydrogen) atoms. The summed E-state index contributed by atoms with van der Waals surface area (Å²) in [5, 5.41) is 3.45. The second-order valence-corrected chi connectivity index (χ2v) is 6.75. The zero-order valence-electron chi connectivity index (χ0n) is 11.3. The highest BCUT2D eigenvalue weighted by Gasteiger charge is 2.39. The normalized spacial score (nSPS) is 25.2. The van der Waals surface area contributed by atoms with Crippen LogP contribution in [0.2, 0.25) is 0 Å². The van der Waals surface area contributed by atoms with Gasteiger partial charge in [-0.1, -0.05) is 34.1 Å². The Bertz CT molecular complexity index is 425. The van der Waals surface area contributed by atoms with Crippen molar-refractivity contribution in [3.8, 4) is 0 Å². The van der Waals surface area contributed by atoms with Crippen molar-refractivity contribution in [2.24, 2.45) is 0 Å². The monoisotopic (exact) mass is 323 g/mol. The molecule has 1 atom stereocenters. The SMILES string of the molecule is Brc1ccccc1C1(CCCC2CCCO2)CNC1. The smallest absolute Gasteiger partial charge is 0.0576 e. The Morgan fingerprint density at radius 2 is 2.16 bits per heavy atom. The first-order valence-corrected chi connectivity index (χ1v) is 8.17. The fourth-order valence-electron chi connectivity index (χ4n) is 3.36. The van der Waals surface area contributed by atoms with E-state index in [1.54, 1.807) is 0 Å². The van der Waals surface area contributed by atoms with E-state index in [1.165, 1.54) is 42.1 Å². The average molecular weight is 324 g/mol. The lowest BCUT2D eigenvalue weighted by atomic mass is 9.71. The molecule has 0 radical (unpaired) electrons. The van der Waals surface area contributed by atoms with Crippen LogP contribution in [0.1, 0.15) is 37.7 Å². The molecule has 2 heterocycles. The van der Waals surface area contributed by atoms with Crippen molar-refractivity contribution >= 4 is 15.9 Å². The third kappa shape index (κ3) is 2.88. The van der Waals surface area contributed by atoms with Crippen molar-refractivity contribution in [2.75, 3.05) is 19.7 Å². The van der Waals surface area contributed by atoms with Crippen LogP contribution in [0.4, 0.5) is 0 Å². The number of hydrogen-bond acceptors (Lipinski definition) is 2. The van der Waals surface area contributed by atoms with Gasteiger partial charge in [-0.2, -0.15) is 0 Å². The third-order valence-electron chi connectivity index (χ3n) is 4.58. The summed E-state index contributed by atoms with van der Waals surface area (Å²) in [5.74, 6) is 0. The van der Waals surface area contributed by atoms with E-state index in [2.05, 4.69) is 45.5 Å². The fraction of sp³-hybridized carbons (Fsp3) is 0.625. The zero-order chi connectivity index (χ0) is 13.1. The number of rotatable bonds is 5. The van der Waals surface area contributed by atoms with Gasteiger partial charge in [0, 0.05) is 29.6 Å². The Kier molecular flexibility index (Phi) is 4.25. The first-order chi connectivity index (χ1) is 9.30. The molecule has 2 aliphatic heterocycles. The highest BCUT2D eigenvalue weighted by atomic mass is 79.9. The van der Waals surface area contributed by atoms with Gasteiger partial charge in [-0.25, -0.2) is 0 Å². The Hall–Kier alpha value is -0.380. The summed E-state index contributed by atoms with van der Waals surface area (Å²) < 4.78 is 6.98. The molecule has 0 spiro atoms. The van der Waals surface area contributed by atoms with Crippen LogP contribution >= 0.6 is 15.9 Å². The summed E-state index contributed by atoms with van der Waals surface area (Å²) in [4.78, 5) is 0. The van der Waals surface area contributed by atoms with E-state index in [0.717, 1.165) is 19.7 Å². The van der Waals surface area contributed by atoms with Gasteiger partial charge in [0.15, 0.2) is 0 Å². The van der Waals surface area contributed by atoms with Gasteiger partial charge in [-0.05, 0) is 43.7 Å². The lowest BCUT2D eigenvalue weighted by Crippen LogP contribution is -2.56. The van der Waals surface area contributed by atoms with Gasteiger partial charge in [-0.3, -0.25) is 0 Å². The van der Waals surface area contributed by atoms with E-state index in [0.29, 0.717) is 11.5 Å². The molecule has 2 aliphatic rings. The number of nitrogens with one attached hydrogen (secondary N) is 1. The maximum absolute atomic E-state index is 5.72. The van der Waals surface area contributed by atoms with Crippen molar-refractivity contribution in [3.63, 3.8) is 0 Å². The second kappa shape index (κ2) is 5.94. The van der Waals surface area contributed by atoms with Crippen LogP contribution in [-0.4, -0.2) is 25.8 Å². The zero-order valence-corrected chi connectivity index (χ0v) is 12.9. The number of hydrogen-bond donors (Lipinski definition) is 1. The van der Waals surface area contributed by atoms with Gasteiger partial charge in [0.25, 0.3) is 0 Å². The maximum Gasteiger partial charge on any atom is 0.0576 e. The van der Waals surface area contributed by atoms with Gasteiger partial charge in [0.1, 0.15) is 0 Å². The van der Waals surface area contributed by atoms with E-state index in [4.69, 9.17) is 4.74 Å². The van der Waals surface area contributed by atoms with Crippen molar-refractivity contribution < 1.29 is 4.74 Å². The number of benzene rings is 1. The van der Waals surface area contributed by atoms with Crippen LogP contribution in [0, 0.1) is 0 Å². The van der Waals surface area contributed by atoms with Gasteiger partial charge in [-0.15, -0.1) is 0 Å². The second-order valence-electron chi connectivity index (χ2n) is 5.89. The molecule has 2 fully saturated rings. The van der Waals surface area contributed by atoms with Gasteiger partial charge >= 0.3 is 0 Å². The molecule has 3 rings (SSSR count). The first-order valence-electron chi connectivity index (χ1n) is 7.37. The molecule has 0 amide bonds. The summed E-state index contributed by atoms with van der Waals surface area (Å²) in [6.45, 7) is 3.20. The summed E-state index contributed by atoms with van der Waals surface area (Å²) >= 11 is 3.71. The lowest BCUT2D eigenvalue weighted by molar-refractivity contribution is 0.0980. The van der Waals surface area contributed by atoms with Crippen molar-refractivity contribution in [1.29, 1.82) is 0 Å². The van der Waals surface area contributed by atoms with Crippen LogP contribution in [-0.2, 0) is 10.2 Å². The van der Waals surface area contributed by atoms with Crippen molar-refractivity contribution in [1.82, 2.24) is 5.32 Å². The molecule has 1 N–H and O–H groups in total. The number of ether oxygens (including phenoxy) is 1. The molecule has 1 unspecified atom stereocenters. The van der Waals surface area contributed by atoms with E-state index in [9.17, 15) is 0 Å². The Labute approximate surface area is 124 Å². The average Bonchev–Trinajstić information content (AvgIpc) is 2.87. The summed E-state index contributed by atoms with van der Waals surface area (Å²) in [6.07, 6.45) is 6.81. The first kappa shape index (κ1) is 13.6. The molecule has 1 aromatic rings. The van der Waals surface area contributed by atoms with E-state index in [-0.39, 0.29) is 0 Å². The Morgan fingerprint density at radius 3 is 2.79 bits per heavy atom. The summed E-state index contributed by atoms with van der Waals surface area (Å²) in [5.41, 5.74) is 1.82. The molecule has 2 nitrogen and oxygen atoms in total. The minimum Gasteiger partial charge on any atom is -0.378 e. The van der Waals surface area contributed by atoms with Crippen LogP contribution in [0.25, 0.3) is 0 Å². The van der Waals surface area contributed by atoms with Gasteiger partial charge in [0.05, 0.1) is 6.10 Å². The molecule has 104 valence electrons. The van der Waals surface area contributed by atoms with Gasteiger partial charge in [0.2, 0.25) is 0 Å². The van der Waals surface area contributed by atoms with Crippen LogP contribution < -0.4 is 5.32 Å². The largest absolute Gasteiger partial charge is 0.378 e. The predicted molar refractivity (Wildman–Crippen MR) is 81.5 cm³/mol.